The maximum absolute atomic E-state index is 13.0. The van der Waals surface area contributed by atoms with Gasteiger partial charge in [0.25, 0.3) is 5.56 Å². The van der Waals surface area contributed by atoms with Gasteiger partial charge in [0, 0.05) is 22.5 Å². The van der Waals surface area contributed by atoms with Gasteiger partial charge >= 0.3 is 11.7 Å². The van der Waals surface area contributed by atoms with Crippen molar-refractivity contribution in [2.45, 2.75) is 26.4 Å². The number of ether oxygens (including phenoxy) is 2. The number of nitro benzene ring substituents is 1. The molecule has 0 spiro atoms. The lowest BCUT2D eigenvalue weighted by atomic mass is 10.1. The maximum atomic E-state index is 13.0. The second-order valence-corrected chi connectivity index (χ2v) is 7.75. The van der Waals surface area contributed by atoms with Crippen LogP contribution in [0.2, 0.25) is 0 Å². The topological polar surface area (TPSA) is 146 Å². The molecule has 0 aliphatic rings. The number of methoxy groups -OCH3 is 1. The van der Waals surface area contributed by atoms with Crippen LogP contribution >= 0.6 is 15.9 Å². The van der Waals surface area contributed by atoms with E-state index < -0.39 is 28.2 Å². The van der Waals surface area contributed by atoms with E-state index in [0.717, 1.165) is 10.7 Å². The van der Waals surface area contributed by atoms with Gasteiger partial charge in [-0.1, -0.05) is 22.9 Å². The number of hydrogen-bond donors (Lipinski definition) is 1. The molecule has 2 aromatic carbocycles. The highest BCUT2D eigenvalue weighted by molar-refractivity contribution is 9.10. The van der Waals surface area contributed by atoms with E-state index in [9.17, 15) is 19.7 Å². The number of aliphatic carboxylic acids is 1. The number of hydrogen-bond acceptors (Lipinski definition) is 8. The van der Waals surface area contributed by atoms with E-state index in [1.807, 2.05) is 6.92 Å². The Morgan fingerprint density at radius 3 is 2.73 bits per heavy atom. The fourth-order valence-electron chi connectivity index (χ4n) is 2.98. The summed E-state index contributed by atoms with van der Waals surface area (Å²) in [4.78, 5) is 39.5. The van der Waals surface area contributed by atoms with Crippen LogP contribution in [0.1, 0.15) is 25.2 Å². The summed E-state index contributed by atoms with van der Waals surface area (Å²) in [6, 6.07) is 7.68. The lowest BCUT2D eigenvalue weighted by Crippen LogP contribution is -2.23. The standard InChI is InChI=1S/C21H19BrN4O7/c1-4-18-24-15-6-5-13(22)9-14(15)20(27)25(18)23-10-12-7-16(26(30)31)19(17(8-12)32-3)33-11(2)21(28)29/h5-11H,4H2,1-3H3,(H,28,29)/t11-/m0/s1. The van der Waals surface area contributed by atoms with Gasteiger partial charge in [-0.15, -0.1) is 0 Å². The van der Waals surface area contributed by atoms with Crippen LogP contribution in [0, 0.1) is 10.1 Å². The molecule has 0 unspecified atom stereocenters. The van der Waals surface area contributed by atoms with Gasteiger partial charge in [-0.05, 0) is 31.2 Å². The van der Waals surface area contributed by atoms with Crippen molar-refractivity contribution in [1.29, 1.82) is 0 Å². The molecule has 3 aromatic rings. The van der Waals surface area contributed by atoms with Crippen molar-refractivity contribution >= 4 is 44.7 Å². The molecular formula is C21H19BrN4O7. The molecule has 0 amide bonds. The van der Waals surface area contributed by atoms with Gasteiger partial charge in [0.15, 0.2) is 11.9 Å². The Labute approximate surface area is 195 Å². The van der Waals surface area contributed by atoms with E-state index in [1.54, 1.807) is 18.2 Å². The van der Waals surface area contributed by atoms with Gasteiger partial charge in [0.1, 0.15) is 5.82 Å². The van der Waals surface area contributed by atoms with Crippen molar-refractivity contribution in [2.75, 3.05) is 7.11 Å². The first-order valence-electron chi connectivity index (χ1n) is 9.67. The molecule has 172 valence electrons. The molecule has 1 atom stereocenters. The summed E-state index contributed by atoms with van der Waals surface area (Å²) in [5.74, 6) is -1.26. The van der Waals surface area contributed by atoms with Crippen molar-refractivity contribution in [3.8, 4) is 11.5 Å². The molecule has 0 radical (unpaired) electrons. The van der Waals surface area contributed by atoms with Crippen LogP contribution in [0.4, 0.5) is 5.69 Å². The largest absolute Gasteiger partial charge is 0.493 e. The van der Waals surface area contributed by atoms with Gasteiger partial charge in [0.05, 0.1) is 29.2 Å². The van der Waals surface area contributed by atoms with Crippen molar-refractivity contribution in [3.63, 3.8) is 0 Å². The number of fused-ring (bicyclic) bond motifs is 1. The second kappa shape index (κ2) is 9.77. The van der Waals surface area contributed by atoms with Crippen LogP contribution in [-0.4, -0.2) is 45.1 Å². The summed E-state index contributed by atoms with van der Waals surface area (Å²) in [6.07, 6.45) is 0.333. The molecule has 12 heteroatoms. The van der Waals surface area contributed by atoms with Gasteiger partial charge < -0.3 is 14.6 Å². The third kappa shape index (κ3) is 5.00. The SMILES string of the molecule is CCc1nc2ccc(Br)cc2c(=O)n1N=Cc1cc(OC)c(O[C@@H](C)C(=O)O)c([N+](=O)[O-])c1. The van der Waals surface area contributed by atoms with Gasteiger partial charge in [0.2, 0.25) is 5.75 Å². The van der Waals surface area contributed by atoms with Gasteiger partial charge in [-0.25, -0.2) is 9.78 Å². The highest BCUT2D eigenvalue weighted by atomic mass is 79.9. The molecule has 1 aromatic heterocycles. The first kappa shape index (κ1) is 23.9. The van der Waals surface area contributed by atoms with Crippen LogP contribution in [0.5, 0.6) is 11.5 Å². The first-order valence-corrected chi connectivity index (χ1v) is 10.5. The summed E-state index contributed by atoms with van der Waals surface area (Å²) in [6.45, 7) is 3.06. The van der Waals surface area contributed by atoms with Gasteiger partial charge in [-0.2, -0.15) is 9.78 Å². The summed E-state index contributed by atoms with van der Waals surface area (Å²) in [5, 5.41) is 25.2. The number of rotatable bonds is 8. The lowest BCUT2D eigenvalue weighted by molar-refractivity contribution is -0.386. The summed E-state index contributed by atoms with van der Waals surface area (Å²) in [5.41, 5.74) is -0.145. The molecule has 0 saturated heterocycles. The van der Waals surface area contributed by atoms with Crippen molar-refractivity contribution in [1.82, 2.24) is 9.66 Å². The Bertz CT molecular complexity index is 1340. The van der Waals surface area contributed by atoms with Crippen LogP contribution in [-0.2, 0) is 11.2 Å². The number of carboxylic acid groups (broad SMARTS) is 1. The summed E-state index contributed by atoms with van der Waals surface area (Å²) < 4.78 is 12.3. The second-order valence-electron chi connectivity index (χ2n) is 6.83. The Balaban J connectivity index is 2.12. The molecule has 0 aliphatic carbocycles. The minimum absolute atomic E-state index is 0.0534. The lowest BCUT2D eigenvalue weighted by Gasteiger charge is -2.14. The van der Waals surface area contributed by atoms with Crippen molar-refractivity contribution in [3.05, 3.63) is 66.7 Å². The molecule has 0 saturated carbocycles. The number of aryl methyl sites for hydroxylation is 1. The van der Waals surface area contributed by atoms with Gasteiger partial charge in [-0.3, -0.25) is 14.9 Å². The molecule has 1 N–H and O–H groups in total. The first-order chi connectivity index (χ1) is 15.7. The Morgan fingerprint density at radius 1 is 1.39 bits per heavy atom. The summed E-state index contributed by atoms with van der Waals surface area (Å²) >= 11 is 3.33. The zero-order valence-corrected chi connectivity index (χ0v) is 19.4. The average molecular weight is 519 g/mol. The predicted octanol–water partition coefficient (Wildman–Crippen LogP) is 3.37. The fourth-order valence-corrected chi connectivity index (χ4v) is 3.34. The third-order valence-electron chi connectivity index (χ3n) is 4.63. The molecule has 1 heterocycles. The predicted molar refractivity (Wildman–Crippen MR) is 123 cm³/mol. The number of carbonyl (C=O) groups is 1. The van der Waals surface area contributed by atoms with Crippen LogP contribution in [0.3, 0.4) is 0 Å². The number of benzene rings is 2. The minimum atomic E-state index is -1.34. The van der Waals surface area contributed by atoms with E-state index >= 15 is 0 Å². The van der Waals surface area contributed by atoms with Crippen molar-refractivity contribution in [2.24, 2.45) is 5.10 Å². The number of nitro groups is 1. The molecular weight excluding hydrogens is 500 g/mol. The quantitative estimate of drug-likeness (QED) is 0.271. The highest BCUT2D eigenvalue weighted by Gasteiger charge is 2.26. The maximum Gasteiger partial charge on any atom is 0.344 e. The average Bonchev–Trinajstić information content (AvgIpc) is 2.78. The van der Waals surface area contributed by atoms with Crippen LogP contribution < -0.4 is 15.0 Å². The molecule has 33 heavy (non-hydrogen) atoms. The minimum Gasteiger partial charge on any atom is -0.493 e. The Kier molecular flexibility index (Phi) is 7.07. The van der Waals surface area contributed by atoms with Crippen LogP contribution in [0.25, 0.3) is 10.9 Å². The third-order valence-corrected chi connectivity index (χ3v) is 5.12. The number of aromatic nitrogens is 2. The molecule has 3 rings (SSSR count). The number of carboxylic acids is 1. The monoisotopic (exact) mass is 518 g/mol. The Hall–Kier alpha value is -3.80. The van der Waals surface area contributed by atoms with E-state index in [4.69, 9.17) is 14.6 Å². The smallest absolute Gasteiger partial charge is 0.344 e. The number of halogens is 1. The molecule has 0 aliphatic heterocycles. The van der Waals surface area contributed by atoms with E-state index in [1.165, 1.54) is 26.3 Å². The number of nitrogens with zero attached hydrogens (tertiary/aromatic N) is 4. The zero-order chi connectivity index (χ0) is 24.3. The highest BCUT2D eigenvalue weighted by Crippen LogP contribution is 2.38. The zero-order valence-electron chi connectivity index (χ0n) is 17.8. The Morgan fingerprint density at radius 2 is 2.12 bits per heavy atom. The van der Waals surface area contributed by atoms with Crippen LogP contribution in [0.15, 0.2) is 44.7 Å². The molecule has 0 fully saturated rings. The molecule has 11 nitrogen and oxygen atoms in total. The van der Waals surface area contributed by atoms with E-state index in [-0.39, 0.29) is 17.1 Å². The fraction of sp³-hybridized carbons (Fsp3) is 0.238. The normalized spacial score (nSPS) is 12.1. The van der Waals surface area contributed by atoms with E-state index in [0.29, 0.717) is 27.6 Å². The molecule has 0 bridgehead atoms. The van der Waals surface area contributed by atoms with E-state index in [2.05, 4.69) is 26.0 Å². The summed E-state index contributed by atoms with van der Waals surface area (Å²) in [7, 11) is 1.27. The van der Waals surface area contributed by atoms with Crippen molar-refractivity contribution < 1.29 is 24.3 Å².